The first-order valence-electron chi connectivity index (χ1n) is 13.1. The number of amides is 1. The van der Waals surface area contributed by atoms with Crippen LogP contribution in [-0.4, -0.2) is 58.1 Å². The monoisotopic (exact) mass is 587 g/mol. The molecule has 5 rings (SSSR count). The van der Waals surface area contributed by atoms with Crippen LogP contribution in [0, 0.1) is 0 Å². The van der Waals surface area contributed by atoms with E-state index in [2.05, 4.69) is 5.32 Å². The Balaban J connectivity index is 1.63. The minimum atomic E-state index is -1.41. The van der Waals surface area contributed by atoms with E-state index in [1.165, 1.54) is 11.3 Å². The fourth-order valence-electron chi connectivity index (χ4n) is 4.85. The predicted molar refractivity (Wildman–Crippen MR) is 153 cm³/mol. The SMILES string of the molecule is CCOC(=O)c1cn(C2CC2)c2c(OC)c(-c3cc4c(s3)S(=O)N(C)CC4NC(=O)OC(C)(C)C)ccc2c1=O. The molecule has 2 aromatic heterocycles. The zero-order valence-corrected chi connectivity index (χ0v) is 25.0. The van der Waals surface area contributed by atoms with Crippen LogP contribution in [-0.2, 0) is 20.5 Å². The molecular formula is C28H33N3O7S2. The summed E-state index contributed by atoms with van der Waals surface area (Å²) < 4.78 is 34.0. The lowest BCUT2D eigenvalue weighted by Crippen LogP contribution is -2.42. The molecule has 1 N–H and O–H groups in total. The Kier molecular flexibility index (Phi) is 7.53. The lowest BCUT2D eigenvalue weighted by Gasteiger charge is -2.30. The minimum Gasteiger partial charge on any atom is -0.494 e. The van der Waals surface area contributed by atoms with Gasteiger partial charge >= 0.3 is 12.1 Å². The molecule has 1 aromatic carbocycles. The first kappa shape index (κ1) is 28.3. The molecule has 2 atom stereocenters. The van der Waals surface area contributed by atoms with E-state index in [1.54, 1.807) is 64.5 Å². The molecule has 0 spiro atoms. The lowest BCUT2D eigenvalue weighted by atomic mass is 10.0. The van der Waals surface area contributed by atoms with Crippen LogP contribution in [0.2, 0.25) is 0 Å². The molecule has 1 amide bonds. The zero-order valence-electron chi connectivity index (χ0n) is 23.4. The second-order valence-corrected chi connectivity index (χ2v) is 13.7. The smallest absolute Gasteiger partial charge is 0.408 e. The van der Waals surface area contributed by atoms with Gasteiger partial charge < -0.3 is 24.1 Å². The Labute approximate surface area is 238 Å². The summed E-state index contributed by atoms with van der Waals surface area (Å²) in [6, 6.07) is 5.12. The highest BCUT2D eigenvalue weighted by Gasteiger charge is 2.35. The number of hydrogen-bond donors (Lipinski definition) is 1. The first-order valence-corrected chi connectivity index (χ1v) is 15.0. The number of nitrogens with zero attached hydrogens (tertiary/aromatic N) is 2. The highest BCUT2D eigenvalue weighted by Crippen LogP contribution is 2.46. The molecule has 12 heteroatoms. The summed E-state index contributed by atoms with van der Waals surface area (Å²) in [5.74, 6) is -0.154. The molecule has 3 heterocycles. The van der Waals surface area contributed by atoms with Gasteiger partial charge in [-0.2, -0.15) is 0 Å². The average Bonchev–Trinajstić information content (AvgIpc) is 3.63. The summed E-state index contributed by atoms with van der Waals surface area (Å²) in [5.41, 5.74) is 1.01. The van der Waals surface area contributed by atoms with Crippen molar-refractivity contribution in [1.82, 2.24) is 14.2 Å². The molecule has 2 unspecified atom stereocenters. The Bertz CT molecular complexity index is 1580. The summed E-state index contributed by atoms with van der Waals surface area (Å²) >= 11 is 1.36. The Morgan fingerprint density at radius 3 is 2.58 bits per heavy atom. The quantitative estimate of drug-likeness (QED) is 0.413. The number of fused-ring (bicyclic) bond motifs is 2. The maximum Gasteiger partial charge on any atom is 0.408 e. The van der Waals surface area contributed by atoms with Crippen LogP contribution < -0.4 is 15.5 Å². The molecule has 2 aliphatic rings. The number of esters is 1. The Hall–Kier alpha value is -3.22. The fraction of sp³-hybridized carbons (Fsp3) is 0.464. The largest absolute Gasteiger partial charge is 0.494 e. The number of nitrogens with one attached hydrogen (secondary N) is 1. The molecule has 1 aliphatic heterocycles. The lowest BCUT2D eigenvalue weighted by molar-refractivity contribution is 0.0494. The summed E-state index contributed by atoms with van der Waals surface area (Å²) in [6.07, 6.45) is 2.87. The molecule has 1 aliphatic carbocycles. The number of alkyl carbamates (subject to hydrolysis) is 1. The Morgan fingerprint density at radius 1 is 1.23 bits per heavy atom. The number of pyridine rings is 1. The minimum absolute atomic E-state index is 0.00265. The first-order chi connectivity index (χ1) is 18.9. The van der Waals surface area contributed by atoms with E-state index in [0.717, 1.165) is 28.8 Å². The van der Waals surface area contributed by atoms with Crippen molar-refractivity contribution in [2.24, 2.45) is 0 Å². The van der Waals surface area contributed by atoms with Crippen LogP contribution in [0.15, 0.2) is 33.4 Å². The third-order valence-corrected chi connectivity index (χ3v) is 9.65. The van der Waals surface area contributed by atoms with Crippen molar-refractivity contribution in [3.05, 3.63) is 45.7 Å². The molecular weight excluding hydrogens is 554 g/mol. The van der Waals surface area contributed by atoms with Crippen molar-refractivity contribution in [2.75, 3.05) is 27.3 Å². The maximum atomic E-state index is 13.4. The van der Waals surface area contributed by atoms with Gasteiger partial charge in [-0.25, -0.2) is 18.1 Å². The maximum absolute atomic E-state index is 13.4. The molecule has 1 fully saturated rings. The number of benzene rings is 1. The second kappa shape index (κ2) is 10.6. The highest BCUT2D eigenvalue weighted by molar-refractivity contribution is 7.85. The van der Waals surface area contributed by atoms with Crippen LogP contribution in [0.1, 0.15) is 68.5 Å². The summed E-state index contributed by atoms with van der Waals surface area (Å²) in [7, 11) is 1.88. The summed E-state index contributed by atoms with van der Waals surface area (Å²) in [6.45, 7) is 7.61. The van der Waals surface area contributed by atoms with Crippen molar-refractivity contribution in [1.29, 1.82) is 0 Å². The number of ether oxygens (including phenoxy) is 3. The van der Waals surface area contributed by atoms with E-state index in [-0.39, 0.29) is 18.2 Å². The Morgan fingerprint density at radius 2 is 1.95 bits per heavy atom. The van der Waals surface area contributed by atoms with Crippen molar-refractivity contribution >= 4 is 45.3 Å². The van der Waals surface area contributed by atoms with Crippen LogP contribution in [0.25, 0.3) is 21.3 Å². The van der Waals surface area contributed by atoms with Gasteiger partial charge in [0, 0.05) is 41.8 Å². The van der Waals surface area contributed by atoms with E-state index >= 15 is 0 Å². The molecule has 0 radical (unpaired) electrons. The third-order valence-electron chi connectivity index (χ3n) is 6.73. The van der Waals surface area contributed by atoms with Crippen molar-refractivity contribution in [2.45, 2.75) is 62.4 Å². The number of methoxy groups -OCH3 is 1. The van der Waals surface area contributed by atoms with Crippen LogP contribution in [0.4, 0.5) is 4.79 Å². The van der Waals surface area contributed by atoms with Gasteiger partial charge in [0.25, 0.3) is 0 Å². The molecule has 214 valence electrons. The number of hydrogen-bond acceptors (Lipinski definition) is 8. The van der Waals surface area contributed by atoms with Gasteiger partial charge in [-0.15, -0.1) is 11.3 Å². The van der Waals surface area contributed by atoms with Gasteiger partial charge in [0.1, 0.15) is 26.4 Å². The van der Waals surface area contributed by atoms with E-state index in [4.69, 9.17) is 14.2 Å². The molecule has 10 nitrogen and oxygen atoms in total. The van der Waals surface area contributed by atoms with Gasteiger partial charge in [0.15, 0.2) is 5.75 Å². The molecule has 3 aromatic rings. The van der Waals surface area contributed by atoms with Gasteiger partial charge in [-0.1, -0.05) is 0 Å². The molecule has 0 bridgehead atoms. The van der Waals surface area contributed by atoms with E-state index in [0.29, 0.717) is 27.4 Å². The number of rotatable bonds is 6. The molecule has 1 saturated carbocycles. The third kappa shape index (κ3) is 5.27. The predicted octanol–water partition coefficient (Wildman–Crippen LogP) is 4.78. The van der Waals surface area contributed by atoms with E-state index in [1.807, 2.05) is 10.6 Å². The molecule has 40 heavy (non-hydrogen) atoms. The van der Waals surface area contributed by atoms with Gasteiger partial charge in [-0.05, 0) is 58.7 Å². The topological polar surface area (TPSA) is 116 Å². The second-order valence-electron chi connectivity index (χ2n) is 10.9. The van der Waals surface area contributed by atoms with Crippen LogP contribution in [0.3, 0.4) is 0 Å². The fourth-order valence-corrected chi connectivity index (χ4v) is 7.73. The van der Waals surface area contributed by atoms with Crippen molar-refractivity contribution in [3.8, 4) is 16.2 Å². The zero-order chi connectivity index (χ0) is 28.9. The highest BCUT2D eigenvalue weighted by atomic mass is 32.2. The number of likely N-dealkylation sites (N-methyl/N-ethyl adjacent to an activating group) is 1. The molecule has 0 saturated heterocycles. The van der Waals surface area contributed by atoms with Crippen LogP contribution in [0.5, 0.6) is 5.75 Å². The van der Waals surface area contributed by atoms with Crippen molar-refractivity contribution < 1.29 is 28.0 Å². The van der Waals surface area contributed by atoms with E-state index in [9.17, 15) is 18.6 Å². The standard InChI is InChI=1S/C28H33N3O7S2/c1-7-37-25(33)19-13-31(15-8-9-15)22-17(23(19)32)11-10-16(24(22)36-6)21-12-18-20(29-27(34)38-28(2,3)4)14-30(5)40(35)26(18)39-21/h10-13,15,20H,7-9,14H2,1-6H3,(H,29,34). The average molecular weight is 588 g/mol. The van der Waals surface area contributed by atoms with Crippen LogP contribution >= 0.6 is 11.3 Å². The number of carbonyl (C=O) groups excluding carboxylic acids is 2. The number of carbonyl (C=O) groups is 2. The van der Waals surface area contributed by atoms with E-state index < -0.39 is 40.1 Å². The summed E-state index contributed by atoms with van der Waals surface area (Å²) in [4.78, 5) is 39.3. The van der Waals surface area contributed by atoms with Gasteiger partial charge in [0.05, 0.1) is 30.7 Å². The van der Waals surface area contributed by atoms with Gasteiger partial charge in [-0.3, -0.25) is 4.79 Å². The van der Waals surface area contributed by atoms with Gasteiger partial charge in [0.2, 0.25) is 5.43 Å². The number of thiophene rings is 1. The summed E-state index contributed by atoms with van der Waals surface area (Å²) in [5, 5.41) is 3.29. The number of aromatic nitrogens is 1. The normalized spacial score (nSPS) is 19.2. The van der Waals surface area contributed by atoms with Crippen molar-refractivity contribution in [3.63, 3.8) is 0 Å².